The van der Waals surface area contributed by atoms with Crippen LogP contribution >= 0.6 is 11.6 Å². The highest BCUT2D eigenvalue weighted by Gasteiger charge is 2.25. The van der Waals surface area contributed by atoms with Gasteiger partial charge in [0.05, 0.1) is 11.2 Å². The summed E-state index contributed by atoms with van der Waals surface area (Å²) in [7, 11) is 0. The molecule has 0 amide bonds. The van der Waals surface area contributed by atoms with Gasteiger partial charge in [0.15, 0.2) is 0 Å². The molecule has 1 aliphatic heterocycles. The summed E-state index contributed by atoms with van der Waals surface area (Å²) in [6.07, 6.45) is 5.57. The van der Waals surface area contributed by atoms with Crippen LogP contribution < -0.4 is 0 Å². The summed E-state index contributed by atoms with van der Waals surface area (Å²) in [6.45, 7) is 0.916. The fourth-order valence-corrected chi connectivity index (χ4v) is 3.90. The first kappa shape index (κ1) is 15.3. The molecule has 3 aromatic heterocycles. The summed E-state index contributed by atoms with van der Waals surface area (Å²) in [5.74, 6) is 0.0361. The van der Waals surface area contributed by atoms with Crippen molar-refractivity contribution in [3.05, 3.63) is 59.5 Å². The van der Waals surface area contributed by atoms with Crippen molar-refractivity contribution in [2.75, 3.05) is 0 Å². The molecule has 1 N–H and O–H groups in total. The van der Waals surface area contributed by atoms with Crippen molar-refractivity contribution in [2.24, 2.45) is 0 Å². The number of halogens is 1. The fraction of sp³-hybridized carbons (Fsp3) is 0.150. The molecular weight excluding hydrogens is 348 g/mol. The van der Waals surface area contributed by atoms with Crippen molar-refractivity contribution in [1.82, 2.24) is 19.7 Å². The van der Waals surface area contributed by atoms with Crippen molar-refractivity contribution in [1.29, 1.82) is 0 Å². The lowest BCUT2D eigenvalue weighted by Gasteiger charge is -2.10. The predicted octanol–water partition coefficient (Wildman–Crippen LogP) is 4.47. The first-order valence-electron chi connectivity index (χ1n) is 8.51. The molecule has 4 aromatic rings. The van der Waals surface area contributed by atoms with E-state index in [-0.39, 0.29) is 10.8 Å². The van der Waals surface area contributed by atoms with Gasteiger partial charge in [0.2, 0.25) is 0 Å². The van der Waals surface area contributed by atoms with Gasteiger partial charge in [-0.3, -0.25) is 14.6 Å². The van der Waals surface area contributed by atoms with Gasteiger partial charge >= 0.3 is 0 Å². The van der Waals surface area contributed by atoms with E-state index in [2.05, 4.69) is 14.6 Å². The number of hydrogen-bond donors (Lipinski definition) is 1. The predicted molar refractivity (Wildman–Crippen MR) is 101 cm³/mol. The molecule has 0 fully saturated rings. The first-order chi connectivity index (χ1) is 12.7. The summed E-state index contributed by atoms with van der Waals surface area (Å²) in [5.41, 5.74) is 5.61. The Balaban J connectivity index is 1.85. The molecule has 128 valence electrons. The number of aromatic hydroxyl groups is 1. The third kappa shape index (κ3) is 2.21. The number of pyridine rings is 2. The quantitative estimate of drug-likeness (QED) is 0.571. The van der Waals surface area contributed by atoms with Gasteiger partial charge < -0.3 is 5.11 Å². The number of nitrogens with zero attached hydrogens (tertiary/aromatic N) is 4. The zero-order valence-electron chi connectivity index (χ0n) is 13.9. The van der Waals surface area contributed by atoms with Crippen LogP contribution in [-0.4, -0.2) is 24.9 Å². The molecule has 0 atom stereocenters. The smallest absolute Gasteiger partial charge is 0.136 e. The molecule has 26 heavy (non-hydrogen) atoms. The van der Waals surface area contributed by atoms with Crippen molar-refractivity contribution in [2.45, 2.75) is 19.4 Å². The van der Waals surface area contributed by atoms with Gasteiger partial charge in [0, 0.05) is 35.6 Å². The van der Waals surface area contributed by atoms with Crippen molar-refractivity contribution in [3.63, 3.8) is 0 Å². The van der Waals surface area contributed by atoms with Crippen molar-refractivity contribution in [3.8, 4) is 28.3 Å². The molecule has 0 aliphatic carbocycles. The second-order valence-corrected chi connectivity index (χ2v) is 6.74. The Bertz CT molecular complexity index is 1140. The zero-order valence-corrected chi connectivity index (χ0v) is 14.6. The van der Waals surface area contributed by atoms with Crippen LogP contribution in [0.2, 0.25) is 5.02 Å². The van der Waals surface area contributed by atoms with E-state index < -0.39 is 0 Å². The Morgan fingerprint density at radius 1 is 1.04 bits per heavy atom. The number of aromatic nitrogens is 4. The summed E-state index contributed by atoms with van der Waals surface area (Å²) in [5, 5.41) is 15.9. The number of phenols is 1. The summed E-state index contributed by atoms with van der Waals surface area (Å²) in [4.78, 5) is 8.88. The van der Waals surface area contributed by atoms with E-state index in [0.29, 0.717) is 5.52 Å². The van der Waals surface area contributed by atoms with E-state index in [1.165, 1.54) is 5.69 Å². The third-order valence-corrected chi connectivity index (χ3v) is 5.22. The van der Waals surface area contributed by atoms with Crippen molar-refractivity contribution < 1.29 is 5.11 Å². The van der Waals surface area contributed by atoms with Gasteiger partial charge in [-0.1, -0.05) is 17.7 Å². The molecule has 0 spiro atoms. The standard InChI is InChI=1S/C20H15ClN4O/c21-18-16(26)7-6-13-12(8-10-23-19(13)18)17-15-5-3-11-25(15)24-20(17)14-4-1-2-9-22-14/h1-2,4,6-10,26H,3,5,11H2. The number of benzene rings is 1. The molecule has 6 heteroatoms. The average molecular weight is 363 g/mol. The molecule has 5 rings (SSSR count). The van der Waals surface area contributed by atoms with E-state index >= 15 is 0 Å². The van der Waals surface area contributed by atoms with Crippen LogP contribution in [0, 0.1) is 0 Å². The molecule has 0 unspecified atom stereocenters. The van der Waals surface area contributed by atoms with Gasteiger partial charge in [-0.25, -0.2) is 0 Å². The number of fused-ring (bicyclic) bond motifs is 2. The second kappa shape index (κ2) is 5.81. The maximum absolute atomic E-state index is 9.93. The summed E-state index contributed by atoms with van der Waals surface area (Å²) in [6, 6.07) is 11.3. The maximum Gasteiger partial charge on any atom is 0.136 e. The van der Waals surface area contributed by atoms with Crippen molar-refractivity contribution >= 4 is 22.5 Å². The minimum Gasteiger partial charge on any atom is -0.506 e. The fourth-order valence-electron chi connectivity index (χ4n) is 3.69. The Hall–Kier alpha value is -2.92. The molecule has 5 nitrogen and oxygen atoms in total. The van der Waals surface area contributed by atoms with Crippen LogP contribution in [0.25, 0.3) is 33.4 Å². The average Bonchev–Trinajstić information content (AvgIpc) is 3.26. The lowest BCUT2D eigenvalue weighted by atomic mass is 9.96. The van der Waals surface area contributed by atoms with E-state index in [0.717, 1.165) is 47.3 Å². The highest BCUT2D eigenvalue weighted by Crippen LogP contribution is 2.41. The number of hydrogen-bond acceptors (Lipinski definition) is 4. The molecular formula is C20H15ClN4O. The highest BCUT2D eigenvalue weighted by molar-refractivity contribution is 6.36. The minimum absolute atomic E-state index is 0.0361. The molecule has 0 saturated heterocycles. The Morgan fingerprint density at radius 3 is 2.81 bits per heavy atom. The van der Waals surface area contributed by atoms with Gasteiger partial charge in [-0.05, 0) is 48.7 Å². The van der Waals surface area contributed by atoms with Crippen LogP contribution in [0.3, 0.4) is 0 Å². The maximum atomic E-state index is 9.93. The topological polar surface area (TPSA) is 63.8 Å². The Labute approximate surface area is 154 Å². The molecule has 0 radical (unpaired) electrons. The normalized spacial score (nSPS) is 13.3. The highest BCUT2D eigenvalue weighted by atomic mass is 35.5. The molecule has 0 bridgehead atoms. The largest absolute Gasteiger partial charge is 0.506 e. The molecule has 1 aromatic carbocycles. The number of rotatable bonds is 2. The Morgan fingerprint density at radius 2 is 1.96 bits per heavy atom. The number of phenolic OH excluding ortho intramolecular Hbond substituents is 1. The van der Waals surface area contributed by atoms with Crippen LogP contribution in [0.15, 0.2) is 48.8 Å². The van der Waals surface area contributed by atoms with E-state index in [9.17, 15) is 5.11 Å². The number of aryl methyl sites for hydroxylation is 1. The lowest BCUT2D eigenvalue weighted by Crippen LogP contribution is -1.94. The van der Waals surface area contributed by atoms with E-state index in [1.807, 2.05) is 30.3 Å². The van der Waals surface area contributed by atoms with Crippen LogP contribution in [0.5, 0.6) is 5.75 Å². The summed E-state index contributed by atoms with van der Waals surface area (Å²) < 4.78 is 2.08. The van der Waals surface area contributed by atoms with E-state index in [4.69, 9.17) is 16.7 Å². The molecule has 0 saturated carbocycles. The Kier molecular flexibility index (Phi) is 3.43. The van der Waals surface area contributed by atoms with Crippen LogP contribution in [-0.2, 0) is 13.0 Å². The van der Waals surface area contributed by atoms with Crippen LogP contribution in [0.4, 0.5) is 0 Å². The third-order valence-electron chi connectivity index (χ3n) is 4.85. The van der Waals surface area contributed by atoms with Crippen LogP contribution in [0.1, 0.15) is 12.1 Å². The van der Waals surface area contributed by atoms with Gasteiger partial charge in [-0.15, -0.1) is 0 Å². The first-order valence-corrected chi connectivity index (χ1v) is 8.89. The molecule has 1 aliphatic rings. The van der Waals surface area contributed by atoms with Gasteiger partial charge in [0.25, 0.3) is 0 Å². The minimum atomic E-state index is 0.0361. The van der Waals surface area contributed by atoms with E-state index in [1.54, 1.807) is 18.5 Å². The lowest BCUT2D eigenvalue weighted by molar-refractivity contribution is 0.476. The summed E-state index contributed by atoms with van der Waals surface area (Å²) >= 11 is 6.29. The van der Waals surface area contributed by atoms with Gasteiger partial charge in [0.1, 0.15) is 16.5 Å². The second-order valence-electron chi connectivity index (χ2n) is 6.37. The SMILES string of the molecule is Oc1ccc2c(-c3c(-c4ccccn4)nn4c3CCC4)ccnc2c1Cl. The zero-order chi connectivity index (χ0) is 17.7. The van der Waals surface area contributed by atoms with Gasteiger partial charge in [-0.2, -0.15) is 5.10 Å². The molecule has 4 heterocycles. The monoisotopic (exact) mass is 362 g/mol.